The molecule has 1 N–H and O–H groups in total. The molecule has 1 aromatic carbocycles. The van der Waals surface area contributed by atoms with Crippen LogP contribution in [0, 0.1) is 5.92 Å². The van der Waals surface area contributed by atoms with Crippen LogP contribution in [0.25, 0.3) is 0 Å². The number of nitrogens with zero attached hydrogens (tertiary/aromatic N) is 3. The van der Waals surface area contributed by atoms with Gasteiger partial charge in [-0.1, -0.05) is 26.0 Å². The molecule has 2 unspecified atom stereocenters. The van der Waals surface area contributed by atoms with Crippen molar-refractivity contribution in [2.45, 2.75) is 58.2 Å². The van der Waals surface area contributed by atoms with E-state index in [1.165, 1.54) is 0 Å². The monoisotopic (exact) mass is 426 g/mol. The maximum absolute atomic E-state index is 13.3. The lowest BCUT2D eigenvalue weighted by Gasteiger charge is -2.49. The number of piperidine rings is 1. The Hall–Kier alpha value is -2.90. The number of rotatable bonds is 4. The molecule has 3 aliphatic rings. The van der Waals surface area contributed by atoms with Gasteiger partial charge in [-0.2, -0.15) is 0 Å². The predicted octanol–water partition coefficient (Wildman–Crippen LogP) is 1.75. The van der Waals surface area contributed by atoms with Crippen LogP contribution in [0.5, 0.6) is 0 Å². The summed E-state index contributed by atoms with van der Waals surface area (Å²) in [6.45, 7) is 6.51. The molecule has 0 bridgehead atoms. The van der Waals surface area contributed by atoms with Gasteiger partial charge in [-0.25, -0.2) is 0 Å². The highest BCUT2D eigenvalue weighted by molar-refractivity contribution is 6.11. The Morgan fingerprint density at radius 1 is 1.23 bits per heavy atom. The summed E-state index contributed by atoms with van der Waals surface area (Å²) in [4.78, 5) is 56.2. The average Bonchev–Trinajstić information content (AvgIpc) is 3.06. The van der Waals surface area contributed by atoms with Crippen LogP contribution in [0.2, 0.25) is 0 Å². The van der Waals surface area contributed by atoms with Crippen LogP contribution in [0.3, 0.4) is 0 Å². The number of anilines is 1. The molecule has 2 atom stereocenters. The molecule has 0 spiro atoms. The lowest BCUT2D eigenvalue weighted by Crippen LogP contribution is -2.64. The van der Waals surface area contributed by atoms with Gasteiger partial charge in [-0.15, -0.1) is 0 Å². The van der Waals surface area contributed by atoms with E-state index >= 15 is 0 Å². The first-order valence-corrected chi connectivity index (χ1v) is 11.0. The number of para-hydroxylation sites is 1. The van der Waals surface area contributed by atoms with E-state index in [1.54, 1.807) is 32.9 Å². The third-order valence-electron chi connectivity index (χ3n) is 6.68. The fourth-order valence-corrected chi connectivity index (χ4v) is 4.87. The Kier molecular flexibility index (Phi) is 5.49. The summed E-state index contributed by atoms with van der Waals surface area (Å²) in [5, 5.41) is 3.01. The number of carbonyl (C=O) groups excluding carboxylic acids is 4. The summed E-state index contributed by atoms with van der Waals surface area (Å²) in [6.07, 6.45) is 2.47. The lowest BCUT2D eigenvalue weighted by molar-refractivity contribution is -0.135. The molecule has 2 saturated heterocycles. The van der Waals surface area contributed by atoms with Crippen LogP contribution in [-0.4, -0.2) is 64.8 Å². The topological polar surface area (TPSA) is 90.0 Å². The van der Waals surface area contributed by atoms with E-state index in [-0.39, 0.29) is 42.1 Å². The van der Waals surface area contributed by atoms with Crippen molar-refractivity contribution in [3.63, 3.8) is 0 Å². The van der Waals surface area contributed by atoms with E-state index < -0.39 is 5.66 Å². The van der Waals surface area contributed by atoms with Crippen molar-refractivity contribution in [1.82, 2.24) is 15.1 Å². The van der Waals surface area contributed by atoms with Crippen molar-refractivity contribution < 1.29 is 19.2 Å². The normalized spacial score (nSPS) is 25.5. The SMILES string of the molecule is CC(C)C(=O)NC1CCCN(C(=O)CN2C(=O)c3ccccc3N3C(=O)CCC23C)C1. The Balaban J connectivity index is 1.53. The third-order valence-corrected chi connectivity index (χ3v) is 6.68. The number of amides is 4. The molecule has 0 radical (unpaired) electrons. The molecule has 0 aliphatic carbocycles. The zero-order chi connectivity index (χ0) is 22.3. The molecule has 2 fully saturated rings. The zero-order valence-electron chi connectivity index (χ0n) is 18.4. The van der Waals surface area contributed by atoms with Gasteiger partial charge < -0.3 is 15.1 Å². The number of nitrogens with one attached hydrogen (secondary N) is 1. The Labute approximate surface area is 182 Å². The molecule has 0 aromatic heterocycles. The van der Waals surface area contributed by atoms with Gasteiger partial charge >= 0.3 is 0 Å². The van der Waals surface area contributed by atoms with E-state index in [9.17, 15) is 19.2 Å². The van der Waals surface area contributed by atoms with Crippen LogP contribution in [-0.2, 0) is 14.4 Å². The van der Waals surface area contributed by atoms with Crippen molar-refractivity contribution in [2.75, 3.05) is 24.5 Å². The first kappa shape index (κ1) is 21.3. The Bertz CT molecular complexity index is 930. The molecule has 8 heteroatoms. The smallest absolute Gasteiger partial charge is 0.258 e. The number of hydrogen-bond acceptors (Lipinski definition) is 4. The van der Waals surface area contributed by atoms with Gasteiger partial charge in [0.15, 0.2) is 0 Å². The minimum Gasteiger partial charge on any atom is -0.351 e. The largest absolute Gasteiger partial charge is 0.351 e. The number of carbonyl (C=O) groups is 4. The highest BCUT2D eigenvalue weighted by Crippen LogP contribution is 2.43. The molecule has 166 valence electrons. The summed E-state index contributed by atoms with van der Waals surface area (Å²) >= 11 is 0. The summed E-state index contributed by atoms with van der Waals surface area (Å²) in [5.41, 5.74) is 0.221. The highest BCUT2D eigenvalue weighted by Gasteiger charge is 2.53. The van der Waals surface area contributed by atoms with Gasteiger partial charge in [0.1, 0.15) is 12.2 Å². The van der Waals surface area contributed by atoms with Crippen LogP contribution in [0.4, 0.5) is 5.69 Å². The van der Waals surface area contributed by atoms with Crippen LogP contribution in [0.1, 0.15) is 56.8 Å². The first-order valence-electron chi connectivity index (χ1n) is 11.0. The van der Waals surface area contributed by atoms with Crippen molar-refractivity contribution in [3.8, 4) is 0 Å². The van der Waals surface area contributed by atoms with E-state index in [4.69, 9.17) is 0 Å². The van der Waals surface area contributed by atoms with E-state index in [2.05, 4.69) is 5.32 Å². The maximum atomic E-state index is 13.3. The zero-order valence-corrected chi connectivity index (χ0v) is 18.4. The average molecular weight is 427 g/mol. The number of hydrogen-bond donors (Lipinski definition) is 1. The standard InChI is InChI=1S/C23H30N4O4/c1-15(2)21(30)24-16-7-6-12-25(13-16)20(29)14-26-22(31)17-8-4-5-9-18(17)27-19(28)10-11-23(26,27)3/h4-5,8-9,15-16H,6-7,10-14H2,1-3H3,(H,24,30). The highest BCUT2D eigenvalue weighted by atomic mass is 16.2. The first-order chi connectivity index (χ1) is 14.7. The summed E-state index contributed by atoms with van der Waals surface area (Å²) in [5.74, 6) is -0.539. The fraction of sp³-hybridized carbons (Fsp3) is 0.565. The minimum absolute atomic E-state index is 0.0188. The number of benzene rings is 1. The fourth-order valence-electron chi connectivity index (χ4n) is 4.87. The van der Waals surface area contributed by atoms with Crippen LogP contribution >= 0.6 is 0 Å². The third kappa shape index (κ3) is 3.68. The summed E-state index contributed by atoms with van der Waals surface area (Å²) in [7, 11) is 0. The molecule has 0 saturated carbocycles. The van der Waals surface area contributed by atoms with Gasteiger partial charge in [0, 0.05) is 31.5 Å². The van der Waals surface area contributed by atoms with Crippen LogP contribution < -0.4 is 10.2 Å². The molecule has 4 rings (SSSR count). The van der Waals surface area contributed by atoms with Crippen LogP contribution in [0.15, 0.2) is 24.3 Å². The predicted molar refractivity (Wildman–Crippen MR) is 115 cm³/mol. The van der Waals surface area contributed by atoms with Crippen molar-refractivity contribution in [3.05, 3.63) is 29.8 Å². The molecular formula is C23H30N4O4. The minimum atomic E-state index is -0.848. The Morgan fingerprint density at radius 2 is 1.97 bits per heavy atom. The maximum Gasteiger partial charge on any atom is 0.258 e. The van der Waals surface area contributed by atoms with Crippen molar-refractivity contribution in [2.24, 2.45) is 5.92 Å². The van der Waals surface area contributed by atoms with E-state index in [0.29, 0.717) is 37.2 Å². The number of fused-ring (bicyclic) bond motifs is 3. The second kappa shape index (κ2) is 7.98. The van der Waals surface area contributed by atoms with Crippen molar-refractivity contribution in [1.29, 1.82) is 0 Å². The second-order valence-electron chi connectivity index (χ2n) is 9.20. The molecule has 1 aromatic rings. The summed E-state index contributed by atoms with van der Waals surface area (Å²) < 4.78 is 0. The lowest BCUT2D eigenvalue weighted by atomic mass is 9.98. The molecular weight excluding hydrogens is 396 g/mol. The second-order valence-corrected chi connectivity index (χ2v) is 9.20. The van der Waals surface area contributed by atoms with Gasteiger partial charge in [-0.05, 0) is 38.3 Å². The molecule has 3 heterocycles. The van der Waals surface area contributed by atoms with Gasteiger partial charge in [0.2, 0.25) is 17.7 Å². The molecule has 31 heavy (non-hydrogen) atoms. The van der Waals surface area contributed by atoms with Gasteiger partial charge in [0.05, 0.1) is 11.3 Å². The molecule has 3 aliphatic heterocycles. The molecule has 8 nitrogen and oxygen atoms in total. The van der Waals surface area contributed by atoms with Gasteiger partial charge in [0.25, 0.3) is 5.91 Å². The Morgan fingerprint density at radius 3 is 2.71 bits per heavy atom. The quantitative estimate of drug-likeness (QED) is 0.794. The molecule has 4 amide bonds. The van der Waals surface area contributed by atoms with E-state index in [0.717, 1.165) is 12.8 Å². The number of likely N-dealkylation sites (tertiary alicyclic amines) is 1. The van der Waals surface area contributed by atoms with Crippen molar-refractivity contribution >= 4 is 29.3 Å². The van der Waals surface area contributed by atoms with E-state index in [1.807, 2.05) is 26.8 Å². The summed E-state index contributed by atoms with van der Waals surface area (Å²) in [6, 6.07) is 7.01. The van der Waals surface area contributed by atoms with Gasteiger partial charge in [-0.3, -0.25) is 24.1 Å².